The molecule has 14 heavy (non-hydrogen) atoms. The average Bonchev–Trinajstić information content (AvgIpc) is 2.61. The van der Waals surface area contributed by atoms with Crippen LogP contribution in [0.4, 0.5) is 0 Å². The highest BCUT2D eigenvalue weighted by Gasteiger charge is 2.08. The number of aromatic nitrogens is 1. The highest BCUT2D eigenvalue weighted by Crippen LogP contribution is 2.12. The van der Waals surface area contributed by atoms with Crippen LogP contribution < -0.4 is 11.1 Å². The van der Waals surface area contributed by atoms with Gasteiger partial charge in [-0.3, -0.25) is 4.79 Å². The van der Waals surface area contributed by atoms with Gasteiger partial charge in [-0.05, 0) is 13.3 Å². The molecule has 0 saturated heterocycles. The van der Waals surface area contributed by atoms with Gasteiger partial charge in [0.25, 0.3) is 0 Å². The summed E-state index contributed by atoms with van der Waals surface area (Å²) in [5, 5.41) is 4.15. The van der Waals surface area contributed by atoms with Crippen LogP contribution in [0.2, 0.25) is 0 Å². The summed E-state index contributed by atoms with van der Waals surface area (Å²) in [4.78, 5) is 16.1. The predicted molar refractivity (Wildman–Crippen MR) is 57.0 cm³/mol. The van der Waals surface area contributed by atoms with Crippen LogP contribution in [0, 0.1) is 0 Å². The number of nitrogens with zero attached hydrogens (tertiary/aromatic N) is 1. The molecule has 0 aliphatic heterocycles. The number of amides is 1. The Kier molecular flexibility index (Phi) is 4.03. The third kappa shape index (κ3) is 3.08. The second-order valence-electron chi connectivity index (χ2n) is 3.08. The first-order valence-electron chi connectivity index (χ1n) is 4.59. The molecule has 78 valence electrons. The van der Waals surface area contributed by atoms with E-state index in [2.05, 4.69) is 17.2 Å². The summed E-state index contributed by atoms with van der Waals surface area (Å²) in [6.45, 7) is 4.48. The van der Waals surface area contributed by atoms with E-state index in [0.717, 1.165) is 16.3 Å². The Hall–Kier alpha value is -0.940. The van der Waals surface area contributed by atoms with Gasteiger partial charge in [0, 0.05) is 17.6 Å². The van der Waals surface area contributed by atoms with Crippen LogP contribution in [0.15, 0.2) is 6.20 Å². The lowest BCUT2D eigenvalue weighted by Crippen LogP contribution is -2.38. The first-order valence-corrected chi connectivity index (χ1v) is 5.41. The molecule has 0 fully saturated rings. The number of nitrogens with two attached hydrogens (primary N) is 1. The molecular formula is C9H15N3OS. The molecule has 0 saturated carbocycles. The summed E-state index contributed by atoms with van der Waals surface area (Å²) in [5.41, 5.74) is 5.12. The maximum Gasteiger partial charge on any atom is 0.234 e. The summed E-state index contributed by atoms with van der Waals surface area (Å²) in [7, 11) is 0. The number of carbonyl (C=O) groups excluding carboxylic acids is 1. The summed E-state index contributed by atoms with van der Waals surface area (Å²) >= 11 is 1.66. The van der Waals surface area contributed by atoms with E-state index >= 15 is 0 Å². The van der Waals surface area contributed by atoms with E-state index in [1.54, 1.807) is 18.3 Å². The van der Waals surface area contributed by atoms with Gasteiger partial charge in [-0.25, -0.2) is 4.98 Å². The van der Waals surface area contributed by atoms with Gasteiger partial charge >= 0.3 is 0 Å². The third-order valence-electron chi connectivity index (χ3n) is 1.91. The molecule has 1 atom stereocenters. The monoisotopic (exact) mass is 213 g/mol. The lowest BCUT2D eigenvalue weighted by atomic mass is 10.3. The van der Waals surface area contributed by atoms with Gasteiger partial charge in [-0.15, -0.1) is 11.3 Å². The van der Waals surface area contributed by atoms with Gasteiger partial charge < -0.3 is 11.1 Å². The van der Waals surface area contributed by atoms with E-state index in [1.807, 2.05) is 6.20 Å². The highest BCUT2D eigenvalue weighted by molar-refractivity contribution is 7.11. The molecule has 1 unspecified atom stereocenters. The second kappa shape index (κ2) is 5.07. The lowest BCUT2D eigenvalue weighted by molar-refractivity contribution is -0.119. The molecular weight excluding hydrogens is 198 g/mol. The first kappa shape index (κ1) is 11.1. The Labute approximate surface area is 87.5 Å². The summed E-state index contributed by atoms with van der Waals surface area (Å²) in [6, 6.07) is -0.290. The number of hydrogen-bond acceptors (Lipinski definition) is 4. The van der Waals surface area contributed by atoms with Crippen molar-refractivity contribution in [2.24, 2.45) is 5.73 Å². The van der Waals surface area contributed by atoms with Gasteiger partial charge in [-0.2, -0.15) is 0 Å². The minimum atomic E-state index is -0.328. The van der Waals surface area contributed by atoms with Crippen molar-refractivity contribution in [2.75, 3.05) is 0 Å². The van der Waals surface area contributed by atoms with E-state index in [9.17, 15) is 4.79 Å². The smallest absolute Gasteiger partial charge is 0.234 e. The Balaban J connectivity index is 2.41. The molecule has 0 aliphatic rings. The number of hydrogen-bond donors (Lipinski definition) is 2. The van der Waals surface area contributed by atoms with Crippen molar-refractivity contribution in [3.63, 3.8) is 0 Å². The highest BCUT2D eigenvalue weighted by atomic mass is 32.1. The van der Waals surface area contributed by atoms with Crippen LogP contribution in [0.25, 0.3) is 0 Å². The van der Waals surface area contributed by atoms with E-state index in [1.165, 1.54) is 0 Å². The molecule has 0 aliphatic carbocycles. The van der Waals surface area contributed by atoms with E-state index in [0.29, 0.717) is 6.54 Å². The third-order valence-corrected chi connectivity index (χ3v) is 3.05. The van der Waals surface area contributed by atoms with Crippen LogP contribution in [0.5, 0.6) is 0 Å². The zero-order chi connectivity index (χ0) is 10.6. The van der Waals surface area contributed by atoms with Gasteiger partial charge in [0.1, 0.15) is 0 Å². The Morgan fingerprint density at radius 1 is 1.79 bits per heavy atom. The van der Waals surface area contributed by atoms with Crippen LogP contribution in [0.3, 0.4) is 0 Å². The maximum absolute atomic E-state index is 10.7. The Morgan fingerprint density at radius 3 is 3.00 bits per heavy atom. The quantitative estimate of drug-likeness (QED) is 0.755. The first-order chi connectivity index (χ1) is 6.63. The Bertz CT molecular complexity index is 311. The fourth-order valence-electron chi connectivity index (χ4n) is 0.947. The Morgan fingerprint density at radius 2 is 2.50 bits per heavy atom. The van der Waals surface area contributed by atoms with Gasteiger partial charge in [0.2, 0.25) is 5.91 Å². The van der Waals surface area contributed by atoms with Gasteiger partial charge in [0.15, 0.2) is 0 Å². The predicted octanol–water partition coefficient (Wildman–Crippen LogP) is 0.669. The van der Waals surface area contributed by atoms with Crippen molar-refractivity contribution < 1.29 is 4.79 Å². The fraction of sp³-hybridized carbons (Fsp3) is 0.556. The van der Waals surface area contributed by atoms with Crippen molar-refractivity contribution in [3.05, 3.63) is 16.1 Å². The maximum atomic E-state index is 10.7. The topological polar surface area (TPSA) is 68.0 Å². The SMILES string of the molecule is CCc1ncc(CNC(C)C(N)=O)s1. The molecule has 0 radical (unpaired) electrons. The van der Waals surface area contributed by atoms with E-state index < -0.39 is 0 Å². The summed E-state index contributed by atoms with van der Waals surface area (Å²) < 4.78 is 0. The number of nitrogens with one attached hydrogen (secondary N) is 1. The van der Waals surface area contributed by atoms with Crippen molar-refractivity contribution >= 4 is 17.2 Å². The van der Waals surface area contributed by atoms with Crippen molar-refractivity contribution in [3.8, 4) is 0 Å². The summed E-state index contributed by atoms with van der Waals surface area (Å²) in [5.74, 6) is -0.328. The zero-order valence-electron chi connectivity index (χ0n) is 8.41. The van der Waals surface area contributed by atoms with Gasteiger partial charge in [-0.1, -0.05) is 6.92 Å². The standard InChI is InChI=1S/C9H15N3OS/c1-3-8-12-5-7(14-8)4-11-6(2)9(10)13/h5-6,11H,3-4H2,1-2H3,(H2,10,13). The minimum absolute atomic E-state index is 0.290. The molecule has 1 heterocycles. The van der Waals surface area contributed by atoms with Crippen LogP contribution in [-0.2, 0) is 17.8 Å². The molecule has 0 spiro atoms. The number of aryl methyl sites for hydroxylation is 1. The molecule has 0 bridgehead atoms. The fourth-order valence-corrected chi connectivity index (χ4v) is 1.76. The van der Waals surface area contributed by atoms with Crippen molar-refractivity contribution in [1.82, 2.24) is 10.3 Å². The normalized spacial score (nSPS) is 12.7. The molecule has 1 aromatic heterocycles. The summed E-state index contributed by atoms with van der Waals surface area (Å²) in [6.07, 6.45) is 2.79. The minimum Gasteiger partial charge on any atom is -0.368 e. The lowest BCUT2D eigenvalue weighted by Gasteiger charge is -2.07. The molecule has 3 N–H and O–H groups in total. The molecule has 4 nitrogen and oxygen atoms in total. The number of primary amides is 1. The van der Waals surface area contributed by atoms with Crippen LogP contribution in [-0.4, -0.2) is 16.9 Å². The number of thiazole rings is 1. The van der Waals surface area contributed by atoms with Crippen LogP contribution >= 0.6 is 11.3 Å². The number of rotatable bonds is 5. The average molecular weight is 213 g/mol. The van der Waals surface area contributed by atoms with Gasteiger partial charge in [0.05, 0.1) is 11.0 Å². The second-order valence-corrected chi connectivity index (χ2v) is 4.28. The molecule has 1 amide bonds. The largest absolute Gasteiger partial charge is 0.368 e. The molecule has 5 heteroatoms. The zero-order valence-corrected chi connectivity index (χ0v) is 9.23. The van der Waals surface area contributed by atoms with Crippen molar-refractivity contribution in [1.29, 1.82) is 0 Å². The van der Waals surface area contributed by atoms with Crippen LogP contribution in [0.1, 0.15) is 23.7 Å². The molecule has 0 aromatic carbocycles. The van der Waals surface area contributed by atoms with E-state index in [4.69, 9.17) is 5.73 Å². The van der Waals surface area contributed by atoms with E-state index in [-0.39, 0.29) is 11.9 Å². The van der Waals surface area contributed by atoms with Crippen molar-refractivity contribution in [2.45, 2.75) is 32.9 Å². The molecule has 1 aromatic rings. The molecule has 1 rings (SSSR count). The number of carbonyl (C=O) groups is 1.